The molecule has 1 aliphatic carbocycles. The van der Waals surface area contributed by atoms with Crippen LogP contribution in [0.3, 0.4) is 0 Å². The predicted molar refractivity (Wildman–Crippen MR) is 52.8 cm³/mol. The number of rotatable bonds is 3. The summed E-state index contributed by atoms with van der Waals surface area (Å²) in [5.41, 5.74) is 0.530. The molecule has 1 saturated carbocycles. The van der Waals surface area contributed by atoms with E-state index in [0.29, 0.717) is 11.5 Å². The summed E-state index contributed by atoms with van der Waals surface area (Å²) in [5.74, 6) is 0. The van der Waals surface area contributed by atoms with E-state index >= 15 is 0 Å². The summed E-state index contributed by atoms with van der Waals surface area (Å²) < 4.78 is 5.60. The Hall–Kier alpha value is -0.120. The van der Waals surface area contributed by atoms with Gasteiger partial charge in [-0.3, -0.25) is 0 Å². The van der Waals surface area contributed by atoms with Crippen molar-refractivity contribution in [3.8, 4) is 0 Å². The first-order valence-electron chi connectivity index (χ1n) is 5.24. The number of hydrogen-bond donors (Lipinski definition) is 2. The van der Waals surface area contributed by atoms with E-state index in [2.05, 4.69) is 24.5 Å². The van der Waals surface area contributed by atoms with Crippen molar-refractivity contribution in [3.63, 3.8) is 0 Å². The van der Waals surface area contributed by atoms with Gasteiger partial charge in [0.1, 0.15) is 0 Å². The van der Waals surface area contributed by atoms with Crippen LogP contribution in [0.4, 0.5) is 0 Å². The Morgan fingerprint density at radius 1 is 1.54 bits per heavy atom. The Kier molecular flexibility index (Phi) is 2.58. The molecule has 0 amide bonds. The lowest BCUT2D eigenvalue weighted by Crippen LogP contribution is -2.44. The first-order valence-corrected chi connectivity index (χ1v) is 5.24. The van der Waals surface area contributed by atoms with Gasteiger partial charge in [-0.1, -0.05) is 13.8 Å². The van der Waals surface area contributed by atoms with Crippen molar-refractivity contribution >= 4 is 0 Å². The molecule has 13 heavy (non-hydrogen) atoms. The molecule has 2 rings (SSSR count). The van der Waals surface area contributed by atoms with Gasteiger partial charge < -0.3 is 15.4 Å². The van der Waals surface area contributed by atoms with Crippen LogP contribution in [0.25, 0.3) is 0 Å². The molecule has 1 heterocycles. The fourth-order valence-electron chi connectivity index (χ4n) is 1.84. The first-order chi connectivity index (χ1) is 6.18. The van der Waals surface area contributed by atoms with Crippen LogP contribution in [-0.2, 0) is 4.74 Å². The molecule has 0 aromatic carbocycles. The van der Waals surface area contributed by atoms with E-state index in [1.165, 1.54) is 6.42 Å². The SMILES string of the molecule is CC1(C)CC1NCC1CNCCO1. The van der Waals surface area contributed by atoms with E-state index in [4.69, 9.17) is 4.74 Å². The molecule has 0 spiro atoms. The van der Waals surface area contributed by atoms with E-state index in [0.717, 1.165) is 32.3 Å². The van der Waals surface area contributed by atoms with E-state index in [-0.39, 0.29) is 0 Å². The zero-order chi connectivity index (χ0) is 9.31. The molecule has 1 saturated heterocycles. The average Bonchev–Trinajstić information content (AvgIpc) is 2.73. The quantitative estimate of drug-likeness (QED) is 0.664. The van der Waals surface area contributed by atoms with Gasteiger partial charge >= 0.3 is 0 Å². The molecular formula is C10H20N2O. The van der Waals surface area contributed by atoms with Crippen LogP contribution in [-0.4, -0.2) is 38.4 Å². The van der Waals surface area contributed by atoms with E-state index in [1.807, 2.05) is 0 Å². The largest absolute Gasteiger partial charge is 0.374 e. The summed E-state index contributed by atoms with van der Waals surface area (Å²) in [6.07, 6.45) is 1.69. The molecule has 3 heteroatoms. The van der Waals surface area contributed by atoms with Gasteiger partial charge in [0.25, 0.3) is 0 Å². The molecule has 0 radical (unpaired) electrons. The van der Waals surface area contributed by atoms with Crippen molar-refractivity contribution in [2.75, 3.05) is 26.2 Å². The molecule has 1 aliphatic heterocycles. The Morgan fingerprint density at radius 2 is 2.31 bits per heavy atom. The number of morpholine rings is 1. The zero-order valence-electron chi connectivity index (χ0n) is 8.60. The third-order valence-corrected chi connectivity index (χ3v) is 3.11. The fraction of sp³-hybridized carbons (Fsp3) is 1.00. The molecule has 0 aromatic rings. The lowest BCUT2D eigenvalue weighted by molar-refractivity contribution is 0.0286. The van der Waals surface area contributed by atoms with Crippen molar-refractivity contribution in [3.05, 3.63) is 0 Å². The van der Waals surface area contributed by atoms with E-state index in [9.17, 15) is 0 Å². The Balaban J connectivity index is 1.62. The monoisotopic (exact) mass is 184 g/mol. The smallest absolute Gasteiger partial charge is 0.0824 e. The van der Waals surface area contributed by atoms with Crippen LogP contribution < -0.4 is 10.6 Å². The molecule has 0 bridgehead atoms. The molecule has 2 unspecified atom stereocenters. The maximum atomic E-state index is 5.60. The minimum atomic E-state index is 0.380. The molecule has 2 fully saturated rings. The van der Waals surface area contributed by atoms with Crippen LogP contribution in [0, 0.1) is 5.41 Å². The number of hydrogen-bond acceptors (Lipinski definition) is 3. The Bertz CT molecular complexity index is 176. The Morgan fingerprint density at radius 3 is 2.85 bits per heavy atom. The molecule has 3 nitrogen and oxygen atoms in total. The van der Waals surface area contributed by atoms with Crippen molar-refractivity contribution in [2.24, 2.45) is 5.41 Å². The summed E-state index contributed by atoms with van der Waals surface area (Å²) in [5, 5.41) is 6.89. The second kappa shape index (κ2) is 3.56. The lowest BCUT2D eigenvalue weighted by Gasteiger charge is -2.24. The number of nitrogens with one attached hydrogen (secondary N) is 2. The highest BCUT2D eigenvalue weighted by molar-refractivity contribution is 5.01. The molecular weight excluding hydrogens is 164 g/mol. The highest BCUT2D eigenvalue weighted by Crippen LogP contribution is 2.44. The normalized spacial score (nSPS) is 37.4. The van der Waals surface area contributed by atoms with Crippen LogP contribution >= 0.6 is 0 Å². The van der Waals surface area contributed by atoms with Gasteiger partial charge in [-0.25, -0.2) is 0 Å². The highest BCUT2D eigenvalue weighted by Gasteiger charge is 2.45. The summed E-state index contributed by atoms with van der Waals surface area (Å²) in [6.45, 7) is 8.49. The topological polar surface area (TPSA) is 33.3 Å². The molecule has 2 N–H and O–H groups in total. The summed E-state index contributed by atoms with van der Waals surface area (Å²) >= 11 is 0. The van der Waals surface area contributed by atoms with Crippen molar-refractivity contribution in [1.82, 2.24) is 10.6 Å². The third-order valence-electron chi connectivity index (χ3n) is 3.11. The summed E-state index contributed by atoms with van der Waals surface area (Å²) in [4.78, 5) is 0. The van der Waals surface area contributed by atoms with E-state index in [1.54, 1.807) is 0 Å². The molecule has 2 atom stereocenters. The van der Waals surface area contributed by atoms with Gasteiger partial charge in [-0.05, 0) is 11.8 Å². The maximum Gasteiger partial charge on any atom is 0.0824 e. The van der Waals surface area contributed by atoms with Crippen molar-refractivity contribution in [1.29, 1.82) is 0 Å². The number of ether oxygens (including phenoxy) is 1. The van der Waals surface area contributed by atoms with Gasteiger partial charge in [-0.2, -0.15) is 0 Å². The van der Waals surface area contributed by atoms with Crippen LogP contribution in [0.15, 0.2) is 0 Å². The highest BCUT2D eigenvalue weighted by atomic mass is 16.5. The van der Waals surface area contributed by atoms with Gasteiger partial charge in [0, 0.05) is 25.7 Å². The standard InChI is InChI=1S/C10H20N2O/c1-10(2)5-9(10)12-7-8-6-11-3-4-13-8/h8-9,11-12H,3-7H2,1-2H3. The summed E-state index contributed by atoms with van der Waals surface area (Å²) in [7, 11) is 0. The zero-order valence-corrected chi connectivity index (χ0v) is 8.60. The van der Waals surface area contributed by atoms with Crippen molar-refractivity contribution in [2.45, 2.75) is 32.4 Å². The first kappa shape index (κ1) is 9.44. The minimum absolute atomic E-state index is 0.380. The third kappa shape index (κ3) is 2.42. The molecule has 0 aromatic heterocycles. The fourth-order valence-corrected chi connectivity index (χ4v) is 1.84. The van der Waals surface area contributed by atoms with Gasteiger partial charge in [0.05, 0.1) is 12.7 Å². The lowest BCUT2D eigenvalue weighted by atomic mass is 10.2. The molecule has 2 aliphatic rings. The van der Waals surface area contributed by atoms with Crippen LogP contribution in [0.5, 0.6) is 0 Å². The minimum Gasteiger partial charge on any atom is -0.374 e. The molecule has 76 valence electrons. The second-order valence-corrected chi connectivity index (χ2v) is 4.85. The predicted octanol–water partition coefficient (Wildman–Crippen LogP) is 0.363. The second-order valence-electron chi connectivity index (χ2n) is 4.85. The van der Waals surface area contributed by atoms with Gasteiger partial charge in [-0.15, -0.1) is 0 Å². The van der Waals surface area contributed by atoms with Gasteiger partial charge in [0.2, 0.25) is 0 Å². The van der Waals surface area contributed by atoms with Gasteiger partial charge in [0.15, 0.2) is 0 Å². The van der Waals surface area contributed by atoms with E-state index < -0.39 is 0 Å². The Labute approximate surface area is 80.2 Å². The van der Waals surface area contributed by atoms with Crippen LogP contribution in [0.1, 0.15) is 20.3 Å². The van der Waals surface area contributed by atoms with Crippen LogP contribution in [0.2, 0.25) is 0 Å². The summed E-state index contributed by atoms with van der Waals surface area (Å²) in [6, 6.07) is 0.720. The maximum absolute atomic E-state index is 5.60. The van der Waals surface area contributed by atoms with Crippen molar-refractivity contribution < 1.29 is 4.74 Å². The average molecular weight is 184 g/mol.